The first kappa shape index (κ1) is 15.9. The van der Waals surface area contributed by atoms with Gasteiger partial charge in [0.25, 0.3) is 0 Å². The highest BCUT2D eigenvalue weighted by Gasteiger charge is 2.40. The van der Waals surface area contributed by atoms with Gasteiger partial charge >= 0.3 is 0 Å². The van der Waals surface area contributed by atoms with Crippen LogP contribution in [0.2, 0.25) is 0 Å². The SMILES string of the molecule is C1=C[C@@H]2c3nc4c5ccccc5c5ccccc5c4nc3C=C3CCC[C@H](C1)[C@@H]32. The van der Waals surface area contributed by atoms with Gasteiger partial charge in [-0.3, -0.25) is 0 Å². The maximum atomic E-state index is 5.35. The van der Waals surface area contributed by atoms with Crippen molar-refractivity contribution in [2.75, 3.05) is 0 Å². The van der Waals surface area contributed by atoms with Gasteiger partial charge in [-0.15, -0.1) is 0 Å². The van der Waals surface area contributed by atoms with Crippen LogP contribution in [0.1, 0.15) is 43.0 Å². The Bertz CT molecular complexity index is 1380. The number of hydrogen-bond acceptors (Lipinski definition) is 2. The van der Waals surface area contributed by atoms with E-state index in [4.69, 9.17) is 9.97 Å². The van der Waals surface area contributed by atoms with E-state index in [0.29, 0.717) is 11.8 Å². The second-order valence-corrected chi connectivity index (χ2v) is 8.87. The summed E-state index contributed by atoms with van der Waals surface area (Å²) >= 11 is 0. The van der Waals surface area contributed by atoms with E-state index in [1.807, 2.05) is 0 Å². The Kier molecular flexibility index (Phi) is 3.15. The Morgan fingerprint density at radius 2 is 1.48 bits per heavy atom. The molecule has 1 aromatic heterocycles. The first-order valence-corrected chi connectivity index (χ1v) is 10.9. The molecule has 3 aliphatic rings. The molecule has 0 N–H and O–H groups in total. The second kappa shape index (κ2) is 5.76. The molecule has 140 valence electrons. The molecule has 1 heterocycles. The third kappa shape index (κ3) is 2.12. The van der Waals surface area contributed by atoms with Gasteiger partial charge in [-0.05, 0) is 54.4 Å². The number of rotatable bonds is 0. The van der Waals surface area contributed by atoms with Crippen LogP contribution in [0.15, 0.2) is 66.3 Å². The maximum Gasteiger partial charge on any atom is 0.0979 e. The van der Waals surface area contributed by atoms with Crippen LogP contribution in [-0.4, -0.2) is 9.97 Å². The van der Waals surface area contributed by atoms with Crippen molar-refractivity contribution in [1.29, 1.82) is 0 Å². The predicted octanol–water partition coefficient (Wildman–Crippen LogP) is 6.79. The molecule has 7 rings (SSSR count). The largest absolute Gasteiger partial charge is 0.248 e. The minimum absolute atomic E-state index is 0.395. The Morgan fingerprint density at radius 3 is 2.24 bits per heavy atom. The lowest BCUT2D eigenvalue weighted by molar-refractivity contribution is 0.269. The minimum Gasteiger partial charge on any atom is -0.248 e. The fourth-order valence-electron chi connectivity index (χ4n) is 6.17. The number of aromatic nitrogens is 2. The lowest BCUT2D eigenvalue weighted by Crippen LogP contribution is -2.32. The average Bonchev–Trinajstić information content (AvgIpc) is 2.79. The normalized spacial score (nSPS) is 25.1. The van der Waals surface area contributed by atoms with Crippen LogP contribution in [0.25, 0.3) is 38.7 Å². The highest BCUT2D eigenvalue weighted by Crippen LogP contribution is 2.51. The summed E-state index contributed by atoms with van der Waals surface area (Å²) in [6.45, 7) is 0. The van der Waals surface area contributed by atoms with Gasteiger partial charge in [0.05, 0.1) is 22.4 Å². The average molecular weight is 374 g/mol. The molecule has 4 aromatic rings. The van der Waals surface area contributed by atoms with E-state index in [1.165, 1.54) is 52.9 Å². The van der Waals surface area contributed by atoms with E-state index in [-0.39, 0.29) is 0 Å². The number of fused-ring (bicyclic) bond motifs is 8. The summed E-state index contributed by atoms with van der Waals surface area (Å²) in [5.74, 6) is 1.81. The minimum atomic E-state index is 0.395. The monoisotopic (exact) mass is 374 g/mol. The molecule has 0 unspecified atom stereocenters. The molecule has 0 aliphatic heterocycles. The van der Waals surface area contributed by atoms with Crippen LogP contribution in [-0.2, 0) is 0 Å². The summed E-state index contributed by atoms with van der Waals surface area (Å²) in [6.07, 6.45) is 12.3. The highest BCUT2D eigenvalue weighted by molar-refractivity contribution is 6.23. The predicted molar refractivity (Wildman–Crippen MR) is 120 cm³/mol. The number of allylic oxidation sites excluding steroid dienone is 3. The van der Waals surface area contributed by atoms with E-state index in [0.717, 1.165) is 22.6 Å². The zero-order valence-electron chi connectivity index (χ0n) is 16.3. The van der Waals surface area contributed by atoms with Crippen LogP contribution in [0, 0.1) is 11.8 Å². The summed E-state index contributed by atoms with van der Waals surface area (Å²) in [7, 11) is 0. The third-order valence-corrected chi connectivity index (χ3v) is 7.39. The van der Waals surface area contributed by atoms with Gasteiger partial charge < -0.3 is 0 Å². The molecule has 0 bridgehead atoms. The Balaban J connectivity index is 1.62. The summed E-state index contributed by atoms with van der Waals surface area (Å²) in [5.41, 5.74) is 6.00. The molecular weight excluding hydrogens is 352 g/mol. The van der Waals surface area contributed by atoms with E-state index in [1.54, 1.807) is 5.57 Å². The van der Waals surface area contributed by atoms with E-state index in [9.17, 15) is 0 Å². The molecule has 3 aliphatic carbocycles. The molecule has 1 saturated carbocycles. The van der Waals surface area contributed by atoms with Crippen molar-refractivity contribution in [3.8, 4) is 0 Å². The highest BCUT2D eigenvalue weighted by atomic mass is 14.8. The second-order valence-electron chi connectivity index (χ2n) is 8.87. The van der Waals surface area contributed by atoms with Crippen LogP contribution in [0.3, 0.4) is 0 Å². The Labute approximate surface area is 170 Å². The molecule has 0 saturated heterocycles. The molecule has 3 aromatic carbocycles. The van der Waals surface area contributed by atoms with Gasteiger partial charge in [0, 0.05) is 16.7 Å². The first-order valence-electron chi connectivity index (χ1n) is 10.9. The molecule has 0 amide bonds. The zero-order valence-corrected chi connectivity index (χ0v) is 16.3. The maximum absolute atomic E-state index is 5.35. The van der Waals surface area contributed by atoms with Gasteiger partial charge in [0.2, 0.25) is 0 Å². The third-order valence-electron chi connectivity index (χ3n) is 7.39. The summed E-state index contributed by atoms with van der Waals surface area (Å²) in [4.78, 5) is 10.6. The van der Waals surface area contributed by atoms with Gasteiger partial charge in [-0.25, -0.2) is 9.97 Å². The van der Waals surface area contributed by atoms with Crippen LogP contribution < -0.4 is 0 Å². The molecule has 0 radical (unpaired) electrons. The molecule has 3 atom stereocenters. The smallest absolute Gasteiger partial charge is 0.0979 e. The molecule has 2 heteroatoms. The first-order chi connectivity index (χ1) is 14.4. The fraction of sp³-hybridized carbons (Fsp3) is 0.259. The van der Waals surface area contributed by atoms with Crippen molar-refractivity contribution in [3.63, 3.8) is 0 Å². The molecule has 0 spiro atoms. The van der Waals surface area contributed by atoms with Crippen molar-refractivity contribution >= 4 is 38.7 Å². The van der Waals surface area contributed by atoms with Crippen LogP contribution in [0.4, 0.5) is 0 Å². The standard InChI is InChI=1S/C27H22N2/c1-3-12-20-18(10-1)19-11-2-4-13-21(19)27-26(20)28-23-15-17-9-5-7-16-8-6-14-22(24(16)17)25(23)29-27/h1-4,6,10-16,22,24H,5,7-9H2/t16-,22+,24+/m1/s1. The summed E-state index contributed by atoms with van der Waals surface area (Å²) < 4.78 is 0. The number of hydrogen-bond donors (Lipinski definition) is 0. The number of nitrogens with zero attached hydrogens (tertiary/aromatic N) is 2. The topological polar surface area (TPSA) is 25.8 Å². The van der Waals surface area contributed by atoms with Crippen molar-refractivity contribution in [2.24, 2.45) is 11.8 Å². The number of benzene rings is 3. The van der Waals surface area contributed by atoms with Crippen LogP contribution in [0.5, 0.6) is 0 Å². The van der Waals surface area contributed by atoms with Crippen LogP contribution >= 0.6 is 0 Å². The summed E-state index contributed by atoms with van der Waals surface area (Å²) in [6, 6.07) is 17.3. The fourth-order valence-corrected chi connectivity index (χ4v) is 6.17. The van der Waals surface area contributed by atoms with Gasteiger partial charge in [0.1, 0.15) is 0 Å². The molecule has 29 heavy (non-hydrogen) atoms. The molecule has 2 nitrogen and oxygen atoms in total. The van der Waals surface area contributed by atoms with Crippen molar-refractivity contribution in [2.45, 2.75) is 31.6 Å². The lowest BCUT2D eigenvalue weighted by atomic mass is 9.62. The van der Waals surface area contributed by atoms with Crippen molar-refractivity contribution in [1.82, 2.24) is 9.97 Å². The Morgan fingerprint density at radius 1 is 0.793 bits per heavy atom. The Hall–Kier alpha value is -3.00. The molecule has 1 fully saturated rings. The van der Waals surface area contributed by atoms with E-state index < -0.39 is 0 Å². The van der Waals surface area contributed by atoms with E-state index in [2.05, 4.69) is 66.8 Å². The lowest BCUT2D eigenvalue weighted by Gasteiger charge is -2.42. The quantitative estimate of drug-likeness (QED) is 0.250. The van der Waals surface area contributed by atoms with Gasteiger partial charge in [-0.2, -0.15) is 0 Å². The van der Waals surface area contributed by atoms with Gasteiger partial charge in [-0.1, -0.05) is 66.3 Å². The van der Waals surface area contributed by atoms with Crippen molar-refractivity contribution in [3.05, 3.63) is 77.6 Å². The zero-order chi connectivity index (χ0) is 18.9. The van der Waals surface area contributed by atoms with Gasteiger partial charge in [0.15, 0.2) is 0 Å². The van der Waals surface area contributed by atoms with E-state index >= 15 is 0 Å². The van der Waals surface area contributed by atoms with Crippen molar-refractivity contribution < 1.29 is 0 Å². The molecular formula is C27H22N2. The summed E-state index contributed by atoms with van der Waals surface area (Å²) in [5, 5.41) is 4.96.